The molecule has 0 bridgehead atoms. The summed E-state index contributed by atoms with van der Waals surface area (Å²) in [5.74, 6) is -0.475. The van der Waals surface area contributed by atoms with Crippen molar-refractivity contribution in [2.75, 3.05) is 18.1 Å². The van der Waals surface area contributed by atoms with Crippen LogP contribution in [0.3, 0.4) is 0 Å². The van der Waals surface area contributed by atoms with Gasteiger partial charge in [0.15, 0.2) is 6.61 Å². The van der Waals surface area contributed by atoms with E-state index in [1.807, 2.05) is 25.1 Å². The van der Waals surface area contributed by atoms with Crippen LogP contribution in [0.4, 0.5) is 5.69 Å². The molecule has 18 heavy (non-hydrogen) atoms. The second-order valence-corrected chi connectivity index (χ2v) is 4.13. The predicted molar refractivity (Wildman–Crippen MR) is 65.9 cm³/mol. The number of anilines is 1. The lowest BCUT2D eigenvalue weighted by Gasteiger charge is -2.29. The summed E-state index contributed by atoms with van der Waals surface area (Å²) in [4.78, 5) is 23.9. The molecule has 1 aromatic rings. The summed E-state index contributed by atoms with van der Waals surface area (Å²) in [5, 5.41) is 8.71. The van der Waals surface area contributed by atoms with Crippen molar-refractivity contribution < 1.29 is 19.4 Å². The van der Waals surface area contributed by atoms with Gasteiger partial charge in [0.1, 0.15) is 5.75 Å². The van der Waals surface area contributed by atoms with E-state index in [4.69, 9.17) is 9.84 Å². The molecule has 2 rings (SSSR count). The number of hydrogen-bond acceptors (Lipinski definition) is 3. The van der Waals surface area contributed by atoms with E-state index in [2.05, 4.69) is 0 Å². The first kappa shape index (κ1) is 12.4. The summed E-state index contributed by atoms with van der Waals surface area (Å²) < 4.78 is 5.33. The SMILES string of the molecule is CCc1ccc2c(c1)N(CCC(=O)O)C(=O)CO2. The average Bonchev–Trinajstić information content (AvgIpc) is 2.36. The van der Waals surface area contributed by atoms with Gasteiger partial charge in [-0.25, -0.2) is 0 Å². The molecule has 0 atom stereocenters. The number of carbonyl (C=O) groups is 2. The topological polar surface area (TPSA) is 66.8 Å². The van der Waals surface area contributed by atoms with E-state index < -0.39 is 5.97 Å². The van der Waals surface area contributed by atoms with E-state index in [1.54, 1.807) is 0 Å². The molecule has 1 amide bonds. The maximum atomic E-state index is 11.8. The number of hydrogen-bond donors (Lipinski definition) is 1. The molecular formula is C13H15NO4. The average molecular weight is 249 g/mol. The van der Waals surface area contributed by atoms with Gasteiger partial charge in [0.2, 0.25) is 0 Å². The Labute approximate surface area is 105 Å². The van der Waals surface area contributed by atoms with Crippen molar-refractivity contribution in [3.63, 3.8) is 0 Å². The van der Waals surface area contributed by atoms with Crippen LogP contribution >= 0.6 is 0 Å². The van der Waals surface area contributed by atoms with Crippen LogP contribution in [0, 0.1) is 0 Å². The molecule has 0 radical (unpaired) electrons. The van der Waals surface area contributed by atoms with E-state index in [0.717, 1.165) is 12.0 Å². The number of aliphatic carboxylic acids is 1. The maximum absolute atomic E-state index is 11.8. The smallest absolute Gasteiger partial charge is 0.305 e. The van der Waals surface area contributed by atoms with E-state index in [1.165, 1.54) is 4.90 Å². The second kappa shape index (κ2) is 5.08. The fraction of sp³-hybridized carbons (Fsp3) is 0.385. The molecule has 0 aliphatic carbocycles. The molecule has 0 saturated carbocycles. The van der Waals surface area contributed by atoms with Gasteiger partial charge in [-0.2, -0.15) is 0 Å². The Bertz CT molecular complexity index is 484. The highest BCUT2D eigenvalue weighted by Crippen LogP contribution is 2.33. The van der Waals surface area contributed by atoms with E-state index in [0.29, 0.717) is 11.4 Å². The lowest BCUT2D eigenvalue weighted by molar-refractivity contribution is -0.136. The van der Waals surface area contributed by atoms with Gasteiger partial charge < -0.3 is 14.7 Å². The van der Waals surface area contributed by atoms with Crippen LogP contribution < -0.4 is 9.64 Å². The molecule has 5 heteroatoms. The molecule has 1 aromatic carbocycles. The van der Waals surface area contributed by atoms with Gasteiger partial charge in [0.05, 0.1) is 12.1 Å². The molecule has 0 unspecified atom stereocenters. The number of ether oxygens (including phenoxy) is 1. The largest absolute Gasteiger partial charge is 0.482 e. The first-order valence-electron chi connectivity index (χ1n) is 5.89. The summed E-state index contributed by atoms with van der Waals surface area (Å²) in [6.07, 6.45) is 0.787. The third-order valence-electron chi connectivity index (χ3n) is 2.92. The highest BCUT2D eigenvalue weighted by molar-refractivity contribution is 5.98. The Kier molecular flexibility index (Phi) is 3.50. The van der Waals surface area contributed by atoms with Crippen molar-refractivity contribution in [3.05, 3.63) is 23.8 Å². The molecule has 96 valence electrons. The fourth-order valence-corrected chi connectivity index (χ4v) is 1.92. The zero-order valence-electron chi connectivity index (χ0n) is 10.2. The molecule has 0 spiro atoms. The third kappa shape index (κ3) is 2.45. The van der Waals surface area contributed by atoms with Crippen molar-refractivity contribution in [2.45, 2.75) is 19.8 Å². The van der Waals surface area contributed by atoms with Gasteiger partial charge in [-0.1, -0.05) is 13.0 Å². The van der Waals surface area contributed by atoms with Crippen molar-refractivity contribution in [2.24, 2.45) is 0 Å². The summed E-state index contributed by atoms with van der Waals surface area (Å²) in [6, 6.07) is 5.66. The van der Waals surface area contributed by atoms with Gasteiger partial charge in [0, 0.05) is 6.54 Å². The highest BCUT2D eigenvalue weighted by Gasteiger charge is 2.25. The normalized spacial score (nSPS) is 14.1. The monoisotopic (exact) mass is 249 g/mol. The van der Waals surface area contributed by atoms with Crippen molar-refractivity contribution in [1.82, 2.24) is 0 Å². The van der Waals surface area contributed by atoms with Crippen molar-refractivity contribution >= 4 is 17.6 Å². The number of carboxylic acid groups (broad SMARTS) is 1. The standard InChI is InChI=1S/C13H15NO4/c1-2-9-3-4-11-10(7-9)14(6-5-13(16)17)12(15)8-18-11/h3-4,7H,2,5-6,8H2,1H3,(H,16,17). The third-order valence-corrected chi connectivity index (χ3v) is 2.92. The Morgan fingerprint density at radius 2 is 2.28 bits per heavy atom. The molecule has 1 heterocycles. The van der Waals surface area contributed by atoms with E-state index in [-0.39, 0.29) is 25.5 Å². The number of nitrogens with zero attached hydrogens (tertiary/aromatic N) is 1. The predicted octanol–water partition coefficient (Wildman–Crippen LogP) is 1.45. The van der Waals surface area contributed by atoms with Crippen LogP contribution in [-0.4, -0.2) is 30.1 Å². The molecule has 0 saturated heterocycles. The van der Waals surface area contributed by atoms with Crippen molar-refractivity contribution in [3.8, 4) is 5.75 Å². The van der Waals surface area contributed by atoms with Crippen molar-refractivity contribution in [1.29, 1.82) is 0 Å². The van der Waals surface area contributed by atoms with E-state index >= 15 is 0 Å². The van der Waals surface area contributed by atoms with Gasteiger partial charge in [-0.05, 0) is 24.1 Å². The molecule has 1 aliphatic heterocycles. The molecule has 0 aromatic heterocycles. The van der Waals surface area contributed by atoms with Gasteiger partial charge in [0.25, 0.3) is 5.91 Å². The summed E-state index contributed by atoms with van der Waals surface area (Å²) >= 11 is 0. The van der Waals surface area contributed by atoms with Crippen LogP contribution in [0.1, 0.15) is 18.9 Å². The van der Waals surface area contributed by atoms with Gasteiger partial charge in [-0.15, -0.1) is 0 Å². The summed E-state index contributed by atoms with van der Waals surface area (Å²) in [6.45, 7) is 2.17. The van der Waals surface area contributed by atoms with E-state index in [9.17, 15) is 9.59 Å². The molecule has 0 fully saturated rings. The zero-order valence-corrected chi connectivity index (χ0v) is 10.2. The quantitative estimate of drug-likeness (QED) is 0.877. The molecule has 1 N–H and O–H groups in total. The van der Waals surface area contributed by atoms with Crippen LogP contribution in [0.2, 0.25) is 0 Å². The minimum atomic E-state index is -0.914. The molecular weight excluding hydrogens is 234 g/mol. The second-order valence-electron chi connectivity index (χ2n) is 4.13. The van der Waals surface area contributed by atoms with Crippen LogP contribution in [0.5, 0.6) is 5.75 Å². The number of carbonyl (C=O) groups excluding carboxylic acids is 1. The lowest BCUT2D eigenvalue weighted by atomic mass is 10.1. The Morgan fingerprint density at radius 3 is 2.94 bits per heavy atom. The van der Waals surface area contributed by atoms with Gasteiger partial charge >= 0.3 is 5.97 Å². The number of benzene rings is 1. The Hall–Kier alpha value is -2.04. The van der Waals surface area contributed by atoms with Gasteiger partial charge in [-0.3, -0.25) is 9.59 Å². The van der Waals surface area contributed by atoms with Crippen LogP contribution in [0.15, 0.2) is 18.2 Å². The number of aryl methyl sites for hydroxylation is 1. The summed E-state index contributed by atoms with van der Waals surface area (Å²) in [5.41, 5.74) is 1.76. The molecule has 5 nitrogen and oxygen atoms in total. The lowest BCUT2D eigenvalue weighted by Crippen LogP contribution is -2.40. The Morgan fingerprint density at radius 1 is 1.50 bits per heavy atom. The minimum absolute atomic E-state index is 0.0297. The first-order valence-corrected chi connectivity index (χ1v) is 5.89. The number of amides is 1. The first-order chi connectivity index (χ1) is 8.61. The number of fused-ring (bicyclic) bond motifs is 1. The highest BCUT2D eigenvalue weighted by atomic mass is 16.5. The summed E-state index contributed by atoms with van der Waals surface area (Å²) in [7, 11) is 0. The van der Waals surface area contributed by atoms with Crippen LogP contribution in [-0.2, 0) is 16.0 Å². The molecule has 1 aliphatic rings. The number of carboxylic acids is 1. The van der Waals surface area contributed by atoms with Crippen LogP contribution in [0.25, 0.3) is 0 Å². The zero-order chi connectivity index (χ0) is 13.1. The number of rotatable bonds is 4. The fourth-order valence-electron chi connectivity index (χ4n) is 1.92. The minimum Gasteiger partial charge on any atom is -0.482 e. The Balaban J connectivity index is 2.29. The maximum Gasteiger partial charge on any atom is 0.305 e.